The molecule has 0 aliphatic carbocycles. The van der Waals surface area contributed by atoms with E-state index >= 15 is 0 Å². The summed E-state index contributed by atoms with van der Waals surface area (Å²) in [5.41, 5.74) is 2.13. The molecule has 3 rings (SSSR count). The van der Waals surface area contributed by atoms with Gasteiger partial charge in [0.25, 0.3) is 0 Å². The number of hydrogen-bond donors (Lipinski definition) is 1. The quantitative estimate of drug-likeness (QED) is 0.741. The molecule has 124 valence electrons. The minimum absolute atomic E-state index is 0.192. The standard InChI is InChI=1S/C19H14FN3OS/c20-16-7-3-2-6-15(16)19-22-14(12-25-19)9-10-18(24)23-17-8-4-1-5-13(17)11-21/h1-8,12H,9-10H2,(H,23,24). The van der Waals surface area contributed by atoms with E-state index in [1.165, 1.54) is 17.4 Å². The molecule has 0 aliphatic rings. The molecule has 0 unspecified atom stereocenters. The third-order valence-electron chi connectivity index (χ3n) is 3.59. The third-order valence-corrected chi connectivity index (χ3v) is 4.51. The van der Waals surface area contributed by atoms with Crippen LogP contribution in [-0.2, 0) is 11.2 Å². The van der Waals surface area contributed by atoms with E-state index in [1.807, 2.05) is 11.4 Å². The molecule has 0 atom stereocenters. The third kappa shape index (κ3) is 4.08. The first-order valence-corrected chi connectivity index (χ1v) is 8.53. The van der Waals surface area contributed by atoms with Crippen LogP contribution in [0.4, 0.5) is 10.1 Å². The number of nitrogens with one attached hydrogen (secondary N) is 1. The van der Waals surface area contributed by atoms with Crippen molar-refractivity contribution in [2.24, 2.45) is 0 Å². The molecule has 0 aliphatic heterocycles. The van der Waals surface area contributed by atoms with Crippen molar-refractivity contribution in [2.45, 2.75) is 12.8 Å². The van der Waals surface area contributed by atoms with Gasteiger partial charge in [0, 0.05) is 17.4 Å². The fourth-order valence-electron chi connectivity index (χ4n) is 2.32. The predicted octanol–water partition coefficient (Wildman–Crippen LogP) is 4.39. The summed E-state index contributed by atoms with van der Waals surface area (Å²) in [4.78, 5) is 16.5. The molecule has 0 radical (unpaired) electrons. The number of carbonyl (C=O) groups excluding carboxylic acids is 1. The highest BCUT2D eigenvalue weighted by Gasteiger charge is 2.11. The number of nitrogens with zero attached hydrogens (tertiary/aromatic N) is 2. The molecule has 1 N–H and O–H groups in total. The first-order chi connectivity index (χ1) is 12.2. The molecule has 0 bridgehead atoms. The van der Waals surface area contributed by atoms with E-state index in [0.717, 1.165) is 5.69 Å². The van der Waals surface area contributed by atoms with Gasteiger partial charge >= 0.3 is 0 Å². The number of nitriles is 1. The zero-order valence-electron chi connectivity index (χ0n) is 13.2. The molecule has 4 nitrogen and oxygen atoms in total. The van der Waals surface area contributed by atoms with Gasteiger partial charge in [-0.15, -0.1) is 11.3 Å². The molecule has 6 heteroatoms. The molecule has 0 spiro atoms. The number of hydrogen-bond acceptors (Lipinski definition) is 4. The highest BCUT2D eigenvalue weighted by Crippen LogP contribution is 2.26. The van der Waals surface area contributed by atoms with Crippen LogP contribution in [0.5, 0.6) is 0 Å². The van der Waals surface area contributed by atoms with Crippen molar-refractivity contribution in [3.05, 3.63) is 71.0 Å². The normalized spacial score (nSPS) is 10.2. The maximum atomic E-state index is 13.8. The smallest absolute Gasteiger partial charge is 0.224 e. The van der Waals surface area contributed by atoms with Crippen molar-refractivity contribution in [2.75, 3.05) is 5.32 Å². The van der Waals surface area contributed by atoms with Crippen molar-refractivity contribution < 1.29 is 9.18 Å². The van der Waals surface area contributed by atoms with Gasteiger partial charge in [-0.2, -0.15) is 5.26 Å². The molecule has 2 aromatic carbocycles. The second-order valence-corrected chi connectivity index (χ2v) is 6.19. The van der Waals surface area contributed by atoms with Crippen LogP contribution in [0.25, 0.3) is 10.6 Å². The van der Waals surface area contributed by atoms with Crippen molar-refractivity contribution in [1.29, 1.82) is 5.26 Å². The Labute approximate surface area is 148 Å². The van der Waals surface area contributed by atoms with E-state index < -0.39 is 0 Å². The Morgan fingerprint density at radius 3 is 2.76 bits per heavy atom. The molecular formula is C19H14FN3OS. The lowest BCUT2D eigenvalue weighted by Crippen LogP contribution is -2.13. The Balaban J connectivity index is 1.62. The van der Waals surface area contributed by atoms with Gasteiger partial charge in [0.05, 0.1) is 16.9 Å². The van der Waals surface area contributed by atoms with Crippen LogP contribution in [-0.4, -0.2) is 10.9 Å². The first-order valence-electron chi connectivity index (χ1n) is 7.65. The number of anilines is 1. The number of rotatable bonds is 5. The lowest BCUT2D eigenvalue weighted by molar-refractivity contribution is -0.116. The molecule has 0 saturated carbocycles. The first kappa shape index (κ1) is 16.8. The maximum Gasteiger partial charge on any atom is 0.224 e. The van der Waals surface area contributed by atoms with Crippen molar-refractivity contribution >= 4 is 22.9 Å². The zero-order valence-corrected chi connectivity index (χ0v) is 14.0. The van der Waals surface area contributed by atoms with E-state index in [4.69, 9.17) is 5.26 Å². The minimum Gasteiger partial charge on any atom is -0.325 e. The lowest BCUT2D eigenvalue weighted by atomic mass is 10.2. The lowest BCUT2D eigenvalue weighted by Gasteiger charge is -2.06. The molecule has 3 aromatic rings. The zero-order chi connectivity index (χ0) is 17.6. The molecule has 1 amide bonds. The number of aryl methyl sites for hydroxylation is 1. The molecule has 1 heterocycles. The SMILES string of the molecule is N#Cc1ccccc1NC(=O)CCc1csc(-c2ccccc2F)n1. The summed E-state index contributed by atoms with van der Waals surface area (Å²) in [5, 5.41) is 14.2. The van der Waals surface area contributed by atoms with E-state index in [2.05, 4.69) is 10.3 Å². The summed E-state index contributed by atoms with van der Waals surface area (Å²) in [6.07, 6.45) is 0.686. The largest absolute Gasteiger partial charge is 0.325 e. The Morgan fingerprint density at radius 2 is 1.96 bits per heavy atom. The number of thiazole rings is 1. The van der Waals surface area contributed by atoms with Crippen LogP contribution < -0.4 is 5.32 Å². The number of halogens is 1. The summed E-state index contributed by atoms with van der Waals surface area (Å²) in [7, 11) is 0. The van der Waals surface area contributed by atoms with Crippen LogP contribution in [0.3, 0.4) is 0 Å². The van der Waals surface area contributed by atoms with Gasteiger partial charge in [-0.25, -0.2) is 9.37 Å². The molecule has 1 aromatic heterocycles. The van der Waals surface area contributed by atoms with E-state index in [0.29, 0.717) is 28.2 Å². The van der Waals surface area contributed by atoms with E-state index in [1.54, 1.807) is 42.5 Å². The Hall–Kier alpha value is -3.04. The summed E-state index contributed by atoms with van der Waals surface area (Å²) in [5.74, 6) is -0.502. The summed E-state index contributed by atoms with van der Waals surface area (Å²) < 4.78 is 13.8. The van der Waals surface area contributed by atoms with Gasteiger partial charge in [0.1, 0.15) is 16.9 Å². The number of carbonyl (C=O) groups is 1. The highest BCUT2D eigenvalue weighted by molar-refractivity contribution is 7.13. The van der Waals surface area contributed by atoms with Crippen LogP contribution in [0.2, 0.25) is 0 Å². The van der Waals surface area contributed by atoms with Crippen LogP contribution in [0.1, 0.15) is 17.7 Å². The van der Waals surface area contributed by atoms with Crippen LogP contribution >= 0.6 is 11.3 Å². The highest BCUT2D eigenvalue weighted by atomic mass is 32.1. The summed E-state index contributed by atoms with van der Waals surface area (Å²) in [6.45, 7) is 0. The Morgan fingerprint density at radius 1 is 1.20 bits per heavy atom. The molecular weight excluding hydrogens is 337 g/mol. The van der Waals surface area contributed by atoms with E-state index in [-0.39, 0.29) is 18.1 Å². The molecule has 25 heavy (non-hydrogen) atoms. The molecule has 0 saturated heterocycles. The topological polar surface area (TPSA) is 65.8 Å². The summed E-state index contributed by atoms with van der Waals surface area (Å²) >= 11 is 1.35. The van der Waals surface area contributed by atoms with Crippen molar-refractivity contribution in [3.8, 4) is 16.6 Å². The fourth-order valence-corrected chi connectivity index (χ4v) is 3.20. The van der Waals surface area contributed by atoms with Gasteiger partial charge in [0.2, 0.25) is 5.91 Å². The van der Waals surface area contributed by atoms with Gasteiger partial charge in [0.15, 0.2) is 0 Å². The van der Waals surface area contributed by atoms with Crippen molar-refractivity contribution in [1.82, 2.24) is 4.98 Å². The number of aromatic nitrogens is 1. The minimum atomic E-state index is -0.311. The second-order valence-electron chi connectivity index (χ2n) is 5.33. The van der Waals surface area contributed by atoms with Crippen molar-refractivity contribution in [3.63, 3.8) is 0 Å². The average molecular weight is 351 g/mol. The van der Waals surface area contributed by atoms with Gasteiger partial charge in [-0.3, -0.25) is 4.79 Å². The fraction of sp³-hybridized carbons (Fsp3) is 0.105. The predicted molar refractivity (Wildman–Crippen MR) is 95.6 cm³/mol. The molecule has 0 fully saturated rings. The van der Waals surface area contributed by atoms with Gasteiger partial charge in [-0.1, -0.05) is 24.3 Å². The maximum absolute atomic E-state index is 13.8. The van der Waals surface area contributed by atoms with Gasteiger partial charge < -0.3 is 5.32 Å². The number of amides is 1. The van der Waals surface area contributed by atoms with Gasteiger partial charge in [-0.05, 0) is 30.7 Å². The Bertz CT molecular complexity index is 946. The van der Waals surface area contributed by atoms with Crippen LogP contribution in [0, 0.1) is 17.1 Å². The summed E-state index contributed by atoms with van der Waals surface area (Å²) in [6, 6.07) is 15.4. The average Bonchev–Trinajstić information content (AvgIpc) is 3.09. The number of benzene rings is 2. The van der Waals surface area contributed by atoms with E-state index in [9.17, 15) is 9.18 Å². The number of para-hydroxylation sites is 1. The Kier molecular flexibility index (Phi) is 5.17. The second kappa shape index (κ2) is 7.69. The monoisotopic (exact) mass is 351 g/mol. The van der Waals surface area contributed by atoms with Crippen LogP contribution in [0.15, 0.2) is 53.9 Å².